The minimum absolute atomic E-state index is 0.0791. The third-order valence-corrected chi connectivity index (χ3v) is 2.60. The quantitative estimate of drug-likeness (QED) is 0.807. The van der Waals surface area contributed by atoms with E-state index in [1.807, 2.05) is 0 Å². The zero-order chi connectivity index (χ0) is 13.7. The summed E-state index contributed by atoms with van der Waals surface area (Å²) in [6.07, 6.45) is 1.50. The third kappa shape index (κ3) is 3.94. The minimum Gasteiger partial charge on any atom is -0.392 e. The second-order valence-electron chi connectivity index (χ2n) is 3.80. The number of pyridine rings is 1. The van der Waals surface area contributed by atoms with Crippen molar-refractivity contribution in [1.29, 1.82) is 0 Å². The molecule has 1 aromatic heterocycles. The Kier molecular flexibility index (Phi) is 4.33. The highest BCUT2D eigenvalue weighted by atomic mass is 35.5. The minimum atomic E-state index is -0.397. The van der Waals surface area contributed by atoms with E-state index in [9.17, 15) is 4.79 Å². The average molecular weight is 278 g/mol. The summed E-state index contributed by atoms with van der Waals surface area (Å²) in [7, 11) is 0. The van der Waals surface area contributed by atoms with Gasteiger partial charge in [0.1, 0.15) is 5.82 Å². The number of hydrogen-bond acceptors (Lipinski definition) is 3. The molecule has 0 aliphatic heterocycles. The van der Waals surface area contributed by atoms with E-state index in [0.717, 1.165) is 0 Å². The molecule has 2 rings (SSSR count). The van der Waals surface area contributed by atoms with Gasteiger partial charge in [0.05, 0.1) is 6.61 Å². The Morgan fingerprint density at radius 1 is 1.16 bits per heavy atom. The van der Waals surface area contributed by atoms with E-state index in [1.165, 1.54) is 6.20 Å². The highest BCUT2D eigenvalue weighted by molar-refractivity contribution is 6.30. The van der Waals surface area contributed by atoms with Crippen molar-refractivity contribution in [3.63, 3.8) is 0 Å². The number of urea groups is 1. The molecule has 6 heteroatoms. The summed E-state index contributed by atoms with van der Waals surface area (Å²) in [4.78, 5) is 15.7. The molecule has 2 aromatic rings. The highest BCUT2D eigenvalue weighted by Crippen LogP contribution is 2.13. The molecule has 0 bridgehead atoms. The molecule has 0 unspecified atom stereocenters. The molecule has 0 radical (unpaired) electrons. The Morgan fingerprint density at radius 2 is 1.89 bits per heavy atom. The maximum atomic E-state index is 11.7. The average Bonchev–Trinajstić information content (AvgIpc) is 2.42. The lowest BCUT2D eigenvalue weighted by Crippen LogP contribution is -2.20. The van der Waals surface area contributed by atoms with Crippen molar-refractivity contribution >= 4 is 29.1 Å². The summed E-state index contributed by atoms with van der Waals surface area (Å²) in [6, 6.07) is 9.68. The van der Waals surface area contributed by atoms with E-state index < -0.39 is 6.03 Å². The van der Waals surface area contributed by atoms with Crippen LogP contribution in [0.15, 0.2) is 42.6 Å². The summed E-state index contributed by atoms with van der Waals surface area (Å²) in [5, 5.41) is 14.7. The number of nitrogens with zero attached hydrogens (tertiary/aromatic N) is 1. The van der Waals surface area contributed by atoms with Gasteiger partial charge in [0, 0.05) is 16.9 Å². The van der Waals surface area contributed by atoms with Crippen LogP contribution in [-0.4, -0.2) is 16.1 Å². The summed E-state index contributed by atoms with van der Waals surface area (Å²) in [6.45, 7) is -0.0791. The number of halogens is 1. The molecule has 0 spiro atoms. The van der Waals surface area contributed by atoms with Gasteiger partial charge in [-0.25, -0.2) is 9.78 Å². The SMILES string of the molecule is O=C(Nc1ccc(Cl)cc1)Nc1ccc(CO)cn1. The predicted molar refractivity (Wildman–Crippen MR) is 74.3 cm³/mol. The molecule has 0 fully saturated rings. The Bertz CT molecular complexity index is 555. The molecule has 98 valence electrons. The highest BCUT2D eigenvalue weighted by Gasteiger charge is 2.03. The maximum absolute atomic E-state index is 11.7. The number of amides is 2. The number of hydrogen-bond donors (Lipinski definition) is 3. The Morgan fingerprint density at radius 3 is 2.47 bits per heavy atom. The molecular weight excluding hydrogens is 266 g/mol. The number of aliphatic hydroxyl groups excluding tert-OH is 1. The van der Waals surface area contributed by atoms with E-state index in [0.29, 0.717) is 22.1 Å². The fraction of sp³-hybridized carbons (Fsp3) is 0.0769. The lowest BCUT2D eigenvalue weighted by Gasteiger charge is -2.07. The molecule has 0 aliphatic carbocycles. The molecule has 1 aromatic carbocycles. The number of anilines is 2. The standard InChI is InChI=1S/C13H12ClN3O2/c14-10-2-4-11(5-3-10)16-13(19)17-12-6-1-9(8-18)7-15-12/h1-7,18H,8H2,(H2,15,16,17,19). The largest absolute Gasteiger partial charge is 0.392 e. The smallest absolute Gasteiger partial charge is 0.324 e. The predicted octanol–water partition coefficient (Wildman–Crippen LogP) is 2.87. The molecule has 5 nitrogen and oxygen atoms in total. The van der Waals surface area contributed by atoms with Crippen molar-refractivity contribution < 1.29 is 9.90 Å². The normalized spacial score (nSPS) is 10.0. The molecule has 19 heavy (non-hydrogen) atoms. The number of aliphatic hydroxyl groups is 1. The van der Waals surface area contributed by atoms with Crippen LogP contribution in [0.5, 0.6) is 0 Å². The van der Waals surface area contributed by atoms with E-state index in [4.69, 9.17) is 16.7 Å². The van der Waals surface area contributed by atoms with Crippen LogP contribution in [0.1, 0.15) is 5.56 Å². The van der Waals surface area contributed by atoms with Gasteiger partial charge in [-0.2, -0.15) is 0 Å². The molecule has 0 saturated heterocycles. The number of carbonyl (C=O) groups is 1. The van der Waals surface area contributed by atoms with Gasteiger partial charge < -0.3 is 10.4 Å². The molecule has 3 N–H and O–H groups in total. The Balaban J connectivity index is 1.95. The summed E-state index contributed by atoms with van der Waals surface area (Å²) in [5.41, 5.74) is 1.32. The van der Waals surface area contributed by atoms with Gasteiger partial charge in [-0.1, -0.05) is 17.7 Å². The van der Waals surface area contributed by atoms with Crippen molar-refractivity contribution in [3.05, 3.63) is 53.2 Å². The first kappa shape index (κ1) is 13.3. The van der Waals surface area contributed by atoms with Crippen LogP contribution in [-0.2, 0) is 6.61 Å². The summed E-state index contributed by atoms with van der Waals surface area (Å²) >= 11 is 5.75. The summed E-state index contributed by atoms with van der Waals surface area (Å²) in [5.74, 6) is 0.406. The molecule has 2 amide bonds. The Labute approximate surface area is 115 Å². The number of benzene rings is 1. The molecular formula is C13H12ClN3O2. The van der Waals surface area contributed by atoms with Crippen LogP contribution in [0.4, 0.5) is 16.3 Å². The molecule has 0 atom stereocenters. The summed E-state index contributed by atoms with van der Waals surface area (Å²) < 4.78 is 0. The van der Waals surface area contributed by atoms with Crippen molar-refractivity contribution in [2.45, 2.75) is 6.61 Å². The number of aromatic nitrogens is 1. The first-order chi connectivity index (χ1) is 9.17. The van der Waals surface area contributed by atoms with Crippen LogP contribution in [0.2, 0.25) is 5.02 Å². The first-order valence-corrected chi connectivity index (χ1v) is 5.94. The zero-order valence-electron chi connectivity index (χ0n) is 9.93. The van der Waals surface area contributed by atoms with Gasteiger partial charge in [-0.3, -0.25) is 5.32 Å². The topological polar surface area (TPSA) is 74.2 Å². The van der Waals surface area contributed by atoms with Crippen LogP contribution >= 0.6 is 11.6 Å². The van der Waals surface area contributed by atoms with Crippen molar-refractivity contribution in [2.24, 2.45) is 0 Å². The van der Waals surface area contributed by atoms with Crippen LogP contribution in [0, 0.1) is 0 Å². The number of nitrogens with one attached hydrogen (secondary N) is 2. The second kappa shape index (κ2) is 6.17. The van der Waals surface area contributed by atoms with Gasteiger partial charge in [0.25, 0.3) is 0 Å². The van der Waals surface area contributed by atoms with Gasteiger partial charge in [0.15, 0.2) is 0 Å². The van der Waals surface area contributed by atoms with E-state index in [2.05, 4.69) is 15.6 Å². The maximum Gasteiger partial charge on any atom is 0.324 e. The van der Waals surface area contributed by atoms with Crippen molar-refractivity contribution in [3.8, 4) is 0 Å². The fourth-order valence-electron chi connectivity index (χ4n) is 1.40. The van der Waals surface area contributed by atoms with Crippen LogP contribution in [0.3, 0.4) is 0 Å². The lowest BCUT2D eigenvalue weighted by atomic mass is 10.3. The van der Waals surface area contributed by atoms with Gasteiger partial charge in [-0.15, -0.1) is 0 Å². The van der Waals surface area contributed by atoms with Gasteiger partial charge in [0.2, 0.25) is 0 Å². The van der Waals surface area contributed by atoms with E-state index >= 15 is 0 Å². The lowest BCUT2D eigenvalue weighted by molar-refractivity contribution is 0.262. The monoisotopic (exact) mass is 277 g/mol. The molecule has 1 heterocycles. The number of carbonyl (C=O) groups excluding carboxylic acids is 1. The first-order valence-electron chi connectivity index (χ1n) is 5.57. The zero-order valence-corrected chi connectivity index (χ0v) is 10.7. The van der Waals surface area contributed by atoms with Crippen molar-refractivity contribution in [2.75, 3.05) is 10.6 Å². The van der Waals surface area contributed by atoms with Crippen LogP contribution < -0.4 is 10.6 Å². The second-order valence-corrected chi connectivity index (χ2v) is 4.23. The van der Waals surface area contributed by atoms with Gasteiger partial charge in [-0.05, 0) is 35.9 Å². The fourth-order valence-corrected chi connectivity index (χ4v) is 1.53. The third-order valence-electron chi connectivity index (χ3n) is 2.35. The van der Waals surface area contributed by atoms with Crippen molar-refractivity contribution in [1.82, 2.24) is 4.98 Å². The van der Waals surface area contributed by atoms with E-state index in [1.54, 1.807) is 36.4 Å². The number of rotatable bonds is 3. The molecule has 0 saturated carbocycles. The van der Waals surface area contributed by atoms with Gasteiger partial charge >= 0.3 is 6.03 Å². The Hall–Kier alpha value is -2.11. The van der Waals surface area contributed by atoms with E-state index in [-0.39, 0.29) is 6.61 Å². The molecule has 0 aliphatic rings. The van der Waals surface area contributed by atoms with Crippen LogP contribution in [0.25, 0.3) is 0 Å².